The summed E-state index contributed by atoms with van der Waals surface area (Å²) in [6.45, 7) is 2.41. The lowest BCUT2D eigenvalue weighted by molar-refractivity contribution is 0.0974. The number of rotatable bonds is 4. The molecule has 0 heterocycles. The number of ether oxygens (including phenoxy) is 1. The Kier molecular flexibility index (Phi) is 4.60. The van der Waals surface area contributed by atoms with E-state index >= 15 is 0 Å². The molecule has 0 aromatic heterocycles. The standard InChI is InChI=1S/C23H17NO5/c1-2-29-14-9-7-13(8-10-14)24-23(28)18-12-11-17-19(22(18)27)21(26)16-6-4-3-5-15(16)20(17)25/h3-12,27H,2H2,1H3,(H,24,28). The number of ketones is 2. The molecule has 3 aromatic rings. The third-order valence-electron chi connectivity index (χ3n) is 4.73. The molecule has 0 radical (unpaired) electrons. The topological polar surface area (TPSA) is 92.7 Å². The lowest BCUT2D eigenvalue weighted by Gasteiger charge is -2.19. The zero-order chi connectivity index (χ0) is 20.5. The molecule has 0 atom stereocenters. The van der Waals surface area contributed by atoms with E-state index in [1.54, 1.807) is 42.5 Å². The molecule has 4 rings (SSSR count). The first-order valence-electron chi connectivity index (χ1n) is 9.10. The Morgan fingerprint density at radius 3 is 2.21 bits per heavy atom. The molecule has 0 bridgehead atoms. The van der Waals surface area contributed by atoms with Crippen LogP contribution in [0.4, 0.5) is 5.69 Å². The Labute approximate surface area is 166 Å². The van der Waals surface area contributed by atoms with E-state index in [1.165, 1.54) is 18.2 Å². The zero-order valence-corrected chi connectivity index (χ0v) is 15.6. The van der Waals surface area contributed by atoms with Crippen molar-refractivity contribution in [3.63, 3.8) is 0 Å². The average molecular weight is 387 g/mol. The van der Waals surface area contributed by atoms with Crippen molar-refractivity contribution in [2.24, 2.45) is 0 Å². The number of carbonyl (C=O) groups is 3. The van der Waals surface area contributed by atoms with Crippen LogP contribution in [-0.2, 0) is 0 Å². The van der Waals surface area contributed by atoms with Crippen molar-refractivity contribution in [1.82, 2.24) is 0 Å². The molecule has 0 unspecified atom stereocenters. The van der Waals surface area contributed by atoms with Gasteiger partial charge in [-0.25, -0.2) is 0 Å². The predicted octanol–water partition coefficient (Wildman–Crippen LogP) is 3.82. The fourth-order valence-corrected chi connectivity index (χ4v) is 3.35. The van der Waals surface area contributed by atoms with E-state index in [0.717, 1.165) is 0 Å². The molecule has 1 aliphatic carbocycles. The second kappa shape index (κ2) is 7.24. The van der Waals surface area contributed by atoms with Crippen LogP contribution >= 0.6 is 0 Å². The van der Waals surface area contributed by atoms with Gasteiger partial charge in [0, 0.05) is 22.4 Å². The third-order valence-corrected chi connectivity index (χ3v) is 4.73. The normalized spacial score (nSPS) is 12.2. The quantitative estimate of drug-likeness (QED) is 0.555. The number of aromatic hydroxyl groups is 1. The first-order chi connectivity index (χ1) is 14.0. The minimum absolute atomic E-state index is 0.0850. The van der Waals surface area contributed by atoms with E-state index in [9.17, 15) is 19.5 Å². The van der Waals surface area contributed by atoms with Crippen LogP contribution in [0.5, 0.6) is 11.5 Å². The van der Waals surface area contributed by atoms with Gasteiger partial charge in [0.05, 0.1) is 17.7 Å². The first-order valence-corrected chi connectivity index (χ1v) is 9.10. The molecule has 1 amide bonds. The maximum Gasteiger partial charge on any atom is 0.259 e. The summed E-state index contributed by atoms with van der Waals surface area (Å²) in [6.07, 6.45) is 0. The summed E-state index contributed by atoms with van der Waals surface area (Å²) in [5.74, 6) is -1.26. The summed E-state index contributed by atoms with van der Waals surface area (Å²) in [5, 5.41) is 13.3. The Morgan fingerprint density at radius 1 is 0.897 bits per heavy atom. The molecular formula is C23H17NO5. The minimum atomic E-state index is -0.589. The number of anilines is 1. The number of nitrogens with one attached hydrogen (secondary N) is 1. The Morgan fingerprint density at radius 2 is 1.55 bits per heavy atom. The average Bonchev–Trinajstić information content (AvgIpc) is 2.73. The largest absolute Gasteiger partial charge is 0.506 e. The fourth-order valence-electron chi connectivity index (χ4n) is 3.35. The molecule has 0 spiro atoms. The van der Waals surface area contributed by atoms with Crippen LogP contribution in [0.25, 0.3) is 0 Å². The van der Waals surface area contributed by atoms with Crippen molar-refractivity contribution >= 4 is 23.2 Å². The molecule has 1 aliphatic rings. The Bertz CT molecular complexity index is 1150. The van der Waals surface area contributed by atoms with E-state index in [0.29, 0.717) is 18.0 Å². The molecule has 0 saturated carbocycles. The van der Waals surface area contributed by atoms with Gasteiger partial charge in [0.15, 0.2) is 11.6 Å². The number of hydrogen-bond acceptors (Lipinski definition) is 5. The van der Waals surface area contributed by atoms with Gasteiger partial charge in [-0.1, -0.05) is 24.3 Å². The lowest BCUT2D eigenvalue weighted by atomic mass is 9.82. The second-order valence-corrected chi connectivity index (χ2v) is 6.50. The zero-order valence-electron chi connectivity index (χ0n) is 15.6. The highest BCUT2D eigenvalue weighted by atomic mass is 16.5. The van der Waals surface area contributed by atoms with Crippen LogP contribution in [0, 0.1) is 0 Å². The van der Waals surface area contributed by atoms with Gasteiger partial charge >= 0.3 is 0 Å². The number of carbonyl (C=O) groups excluding carboxylic acids is 3. The van der Waals surface area contributed by atoms with Crippen LogP contribution in [-0.4, -0.2) is 29.2 Å². The van der Waals surface area contributed by atoms with Gasteiger partial charge in [-0.3, -0.25) is 14.4 Å². The van der Waals surface area contributed by atoms with E-state index in [1.807, 2.05) is 6.92 Å². The fraction of sp³-hybridized carbons (Fsp3) is 0.0870. The van der Waals surface area contributed by atoms with E-state index in [4.69, 9.17) is 4.74 Å². The molecule has 2 N–H and O–H groups in total. The number of hydrogen-bond donors (Lipinski definition) is 2. The number of phenolic OH excluding ortho intramolecular Hbond substituents is 1. The summed E-state index contributed by atoms with van der Waals surface area (Å²) in [6, 6.07) is 15.9. The van der Waals surface area contributed by atoms with Gasteiger partial charge in [-0.05, 0) is 43.3 Å². The predicted molar refractivity (Wildman–Crippen MR) is 107 cm³/mol. The van der Waals surface area contributed by atoms with Crippen molar-refractivity contribution in [2.75, 3.05) is 11.9 Å². The lowest BCUT2D eigenvalue weighted by Crippen LogP contribution is -2.22. The van der Waals surface area contributed by atoms with Gasteiger partial charge in [0.25, 0.3) is 5.91 Å². The highest BCUT2D eigenvalue weighted by Crippen LogP contribution is 2.35. The van der Waals surface area contributed by atoms with E-state index < -0.39 is 17.4 Å². The molecule has 0 saturated heterocycles. The van der Waals surface area contributed by atoms with Crippen LogP contribution in [0.15, 0.2) is 60.7 Å². The number of amides is 1. The second-order valence-electron chi connectivity index (χ2n) is 6.50. The Balaban J connectivity index is 1.67. The van der Waals surface area contributed by atoms with Crippen LogP contribution in [0.3, 0.4) is 0 Å². The number of phenols is 1. The molecule has 0 fully saturated rings. The van der Waals surface area contributed by atoms with Gasteiger partial charge in [0.1, 0.15) is 11.5 Å². The maximum atomic E-state index is 12.8. The number of fused-ring (bicyclic) bond motifs is 2. The minimum Gasteiger partial charge on any atom is -0.506 e. The molecular weight excluding hydrogens is 370 g/mol. The van der Waals surface area contributed by atoms with Gasteiger partial charge in [-0.2, -0.15) is 0 Å². The summed E-state index contributed by atoms with van der Waals surface area (Å²) in [4.78, 5) is 38.2. The van der Waals surface area contributed by atoms with Gasteiger partial charge in [-0.15, -0.1) is 0 Å². The molecule has 6 heteroatoms. The third kappa shape index (κ3) is 3.14. The Hall–Kier alpha value is -3.93. The van der Waals surface area contributed by atoms with Gasteiger partial charge < -0.3 is 15.2 Å². The highest BCUT2D eigenvalue weighted by Gasteiger charge is 2.33. The van der Waals surface area contributed by atoms with Crippen molar-refractivity contribution in [3.8, 4) is 11.5 Å². The van der Waals surface area contributed by atoms with Crippen LogP contribution < -0.4 is 10.1 Å². The molecule has 6 nitrogen and oxygen atoms in total. The van der Waals surface area contributed by atoms with Crippen LogP contribution in [0.1, 0.15) is 49.1 Å². The molecule has 0 aliphatic heterocycles. The highest BCUT2D eigenvalue weighted by molar-refractivity contribution is 6.30. The monoisotopic (exact) mass is 387 g/mol. The van der Waals surface area contributed by atoms with Crippen molar-refractivity contribution < 1.29 is 24.2 Å². The van der Waals surface area contributed by atoms with Crippen molar-refractivity contribution in [3.05, 3.63) is 88.5 Å². The van der Waals surface area contributed by atoms with E-state index in [2.05, 4.69) is 5.32 Å². The summed E-state index contributed by atoms with van der Waals surface area (Å²) >= 11 is 0. The SMILES string of the molecule is CCOc1ccc(NC(=O)c2ccc3c(c2O)C(=O)c2ccccc2C3=O)cc1. The summed E-state index contributed by atoms with van der Waals surface area (Å²) in [7, 11) is 0. The number of benzene rings is 3. The summed E-state index contributed by atoms with van der Waals surface area (Å²) < 4.78 is 5.36. The molecule has 3 aromatic carbocycles. The maximum absolute atomic E-state index is 12.8. The molecule has 29 heavy (non-hydrogen) atoms. The molecule has 144 valence electrons. The van der Waals surface area contributed by atoms with Crippen LogP contribution in [0.2, 0.25) is 0 Å². The summed E-state index contributed by atoms with van der Waals surface area (Å²) in [5.41, 5.74) is 0.860. The smallest absolute Gasteiger partial charge is 0.259 e. The van der Waals surface area contributed by atoms with Crippen molar-refractivity contribution in [1.29, 1.82) is 0 Å². The van der Waals surface area contributed by atoms with E-state index in [-0.39, 0.29) is 33.6 Å². The van der Waals surface area contributed by atoms with Gasteiger partial charge in [0.2, 0.25) is 0 Å². The van der Waals surface area contributed by atoms with Crippen molar-refractivity contribution in [2.45, 2.75) is 6.92 Å². The first kappa shape index (κ1) is 18.4.